The summed E-state index contributed by atoms with van der Waals surface area (Å²) in [6, 6.07) is 5.53. The Balaban J connectivity index is 1.68. The smallest absolute Gasteiger partial charge is 0.222 e. The molecule has 0 spiro atoms. The van der Waals surface area contributed by atoms with Crippen LogP contribution in [0.1, 0.15) is 56.5 Å². The fourth-order valence-electron chi connectivity index (χ4n) is 5.57. The first-order valence-corrected chi connectivity index (χ1v) is 10.2. The van der Waals surface area contributed by atoms with Gasteiger partial charge >= 0.3 is 0 Å². The van der Waals surface area contributed by atoms with Crippen LogP contribution in [0.4, 0.5) is 14.6 Å². The number of anilines is 1. The van der Waals surface area contributed by atoms with E-state index in [9.17, 15) is 13.6 Å². The largest absolute Gasteiger partial charge is 0.310 e. The Morgan fingerprint density at radius 2 is 1.90 bits per heavy atom. The van der Waals surface area contributed by atoms with Gasteiger partial charge in [-0.3, -0.25) is 9.78 Å². The molecular formula is C23H21F2N5O. The SMILES string of the molecule is CC(=O)Nc1cncc([C@@]23CC[C@@H](c4cc(-c5c(F)cccc5F)nnc42)C3(C)C)n1. The number of nitrogens with one attached hydrogen (secondary N) is 1. The molecule has 0 aliphatic heterocycles. The highest BCUT2D eigenvalue weighted by Gasteiger charge is 2.65. The zero-order chi connectivity index (χ0) is 22.0. The van der Waals surface area contributed by atoms with E-state index in [2.05, 4.69) is 39.3 Å². The average Bonchev–Trinajstić information content (AvgIpc) is 3.09. The molecule has 2 aliphatic carbocycles. The summed E-state index contributed by atoms with van der Waals surface area (Å²) in [5.74, 6) is -1.04. The van der Waals surface area contributed by atoms with Crippen molar-refractivity contribution < 1.29 is 13.6 Å². The normalized spacial score (nSPS) is 22.9. The molecule has 2 heterocycles. The highest BCUT2D eigenvalue weighted by atomic mass is 19.1. The standard InChI is InChI=1S/C23H21F2N5O/c1-12(31)27-19-11-26-10-18(28-19)23-8-7-14(22(23,2)3)13-9-17(29-30-21(13)23)20-15(24)5-4-6-16(20)25/h4-6,9-11,14H,7-8H2,1-3H3,(H,27,28,31)/t14-,23-/m0/s1. The third-order valence-electron chi connectivity index (χ3n) is 6.98. The first-order valence-electron chi connectivity index (χ1n) is 10.2. The second-order valence-electron chi connectivity index (χ2n) is 8.82. The van der Waals surface area contributed by atoms with Gasteiger partial charge in [0.1, 0.15) is 11.6 Å². The number of hydrogen-bond acceptors (Lipinski definition) is 5. The van der Waals surface area contributed by atoms with Crippen molar-refractivity contribution in [1.29, 1.82) is 0 Å². The first-order chi connectivity index (χ1) is 14.8. The van der Waals surface area contributed by atoms with Crippen LogP contribution in [0.2, 0.25) is 0 Å². The van der Waals surface area contributed by atoms with Gasteiger partial charge in [0.05, 0.1) is 34.3 Å². The molecule has 1 fully saturated rings. The predicted octanol–water partition coefficient (Wildman–Crippen LogP) is 4.37. The molecular weight excluding hydrogens is 400 g/mol. The topological polar surface area (TPSA) is 80.7 Å². The lowest BCUT2D eigenvalue weighted by molar-refractivity contribution is -0.114. The molecule has 0 saturated heterocycles. The average molecular weight is 421 g/mol. The summed E-state index contributed by atoms with van der Waals surface area (Å²) in [4.78, 5) is 20.5. The zero-order valence-electron chi connectivity index (χ0n) is 17.4. The van der Waals surface area contributed by atoms with Crippen LogP contribution in [0.25, 0.3) is 11.3 Å². The Labute approximate surface area is 178 Å². The molecule has 0 radical (unpaired) electrons. The summed E-state index contributed by atoms with van der Waals surface area (Å²) in [6.07, 6.45) is 4.90. The molecule has 6 nitrogen and oxygen atoms in total. The maximum atomic E-state index is 14.4. The van der Waals surface area contributed by atoms with E-state index >= 15 is 0 Å². The van der Waals surface area contributed by atoms with Crippen LogP contribution in [0.15, 0.2) is 36.7 Å². The summed E-state index contributed by atoms with van der Waals surface area (Å²) in [6.45, 7) is 5.73. The van der Waals surface area contributed by atoms with Gasteiger partial charge in [-0.15, -0.1) is 5.10 Å². The number of benzene rings is 1. The molecule has 1 amide bonds. The number of nitrogens with zero attached hydrogens (tertiary/aromatic N) is 4. The molecule has 1 saturated carbocycles. The van der Waals surface area contributed by atoms with Crippen molar-refractivity contribution in [3.05, 3.63) is 65.2 Å². The minimum atomic E-state index is -0.666. The van der Waals surface area contributed by atoms with Gasteiger partial charge in [-0.05, 0) is 47.9 Å². The van der Waals surface area contributed by atoms with Crippen molar-refractivity contribution in [1.82, 2.24) is 20.2 Å². The van der Waals surface area contributed by atoms with Gasteiger partial charge in [0, 0.05) is 13.1 Å². The molecule has 1 aromatic carbocycles. The van der Waals surface area contributed by atoms with E-state index < -0.39 is 17.0 Å². The van der Waals surface area contributed by atoms with Gasteiger partial charge in [-0.2, -0.15) is 5.10 Å². The Morgan fingerprint density at radius 3 is 2.61 bits per heavy atom. The summed E-state index contributed by atoms with van der Waals surface area (Å²) in [5.41, 5.74) is 1.63. The van der Waals surface area contributed by atoms with Crippen LogP contribution in [-0.4, -0.2) is 26.1 Å². The quantitative estimate of drug-likeness (QED) is 0.679. The van der Waals surface area contributed by atoms with Gasteiger partial charge < -0.3 is 5.32 Å². The molecule has 8 heteroatoms. The molecule has 1 N–H and O–H groups in total. The van der Waals surface area contributed by atoms with Gasteiger partial charge in [0.15, 0.2) is 5.82 Å². The van der Waals surface area contributed by atoms with Crippen molar-refractivity contribution in [2.45, 2.75) is 44.9 Å². The number of aromatic nitrogens is 4. The lowest BCUT2D eigenvalue weighted by Crippen LogP contribution is -2.38. The molecule has 31 heavy (non-hydrogen) atoms. The summed E-state index contributed by atoms with van der Waals surface area (Å²) >= 11 is 0. The molecule has 2 aliphatic rings. The second-order valence-corrected chi connectivity index (χ2v) is 8.82. The molecule has 2 aromatic heterocycles. The zero-order valence-corrected chi connectivity index (χ0v) is 17.4. The molecule has 3 aromatic rings. The Hall–Kier alpha value is -3.29. The van der Waals surface area contributed by atoms with Crippen LogP contribution in [0.3, 0.4) is 0 Å². The van der Waals surface area contributed by atoms with Crippen LogP contribution >= 0.6 is 0 Å². The monoisotopic (exact) mass is 421 g/mol. The fraction of sp³-hybridized carbons (Fsp3) is 0.348. The van der Waals surface area contributed by atoms with Crippen LogP contribution in [-0.2, 0) is 10.2 Å². The second kappa shape index (κ2) is 6.60. The van der Waals surface area contributed by atoms with E-state index in [1.807, 2.05) is 0 Å². The highest BCUT2D eigenvalue weighted by molar-refractivity contribution is 5.87. The van der Waals surface area contributed by atoms with Crippen molar-refractivity contribution in [3.8, 4) is 11.3 Å². The van der Waals surface area contributed by atoms with Crippen molar-refractivity contribution in [2.75, 3.05) is 5.32 Å². The molecule has 2 atom stereocenters. The molecule has 5 rings (SSSR count). The van der Waals surface area contributed by atoms with Gasteiger partial charge in [-0.25, -0.2) is 13.8 Å². The van der Waals surface area contributed by atoms with E-state index in [4.69, 9.17) is 0 Å². The Morgan fingerprint density at radius 1 is 1.16 bits per heavy atom. The lowest BCUT2D eigenvalue weighted by atomic mass is 9.66. The minimum Gasteiger partial charge on any atom is -0.310 e. The minimum absolute atomic E-state index is 0.137. The highest BCUT2D eigenvalue weighted by Crippen LogP contribution is 2.69. The third kappa shape index (κ3) is 2.63. The number of rotatable bonds is 3. The summed E-state index contributed by atoms with van der Waals surface area (Å²) < 4.78 is 28.7. The Kier molecular flexibility index (Phi) is 4.19. The lowest BCUT2D eigenvalue weighted by Gasteiger charge is -2.37. The third-order valence-corrected chi connectivity index (χ3v) is 6.98. The summed E-state index contributed by atoms with van der Waals surface area (Å²) in [5, 5.41) is 11.4. The number of amides is 1. The molecule has 0 unspecified atom stereocenters. The number of halogens is 2. The number of carbonyl (C=O) groups is 1. The van der Waals surface area contributed by atoms with Crippen LogP contribution < -0.4 is 5.32 Å². The van der Waals surface area contributed by atoms with Crippen molar-refractivity contribution in [2.24, 2.45) is 5.41 Å². The van der Waals surface area contributed by atoms with E-state index in [0.29, 0.717) is 11.5 Å². The van der Waals surface area contributed by atoms with E-state index in [-0.39, 0.29) is 28.5 Å². The predicted molar refractivity (Wildman–Crippen MR) is 110 cm³/mol. The fourth-order valence-corrected chi connectivity index (χ4v) is 5.57. The van der Waals surface area contributed by atoms with Crippen LogP contribution in [0.5, 0.6) is 0 Å². The maximum absolute atomic E-state index is 14.4. The maximum Gasteiger partial charge on any atom is 0.222 e. The molecule has 158 valence electrons. The molecule has 2 bridgehead atoms. The van der Waals surface area contributed by atoms with Gasteiger partial charge in [-0.1, -0.05) is 19.9 Å². The van der Waals surface area contributed by atoms with E-state index in [1.54, 1.807) is 12.3 Å². The van der Waals surface area contributed by atoms with Crippen molar-refractivity contribution in [3.63, 3.8) is 0 Å². The number of carbonyl (C=O) groups excluding carboxylic acids is 1. The summed E-state index contributed by atoms with van der Waals surface area (Å²) in [7, 11) is 0. The van der Waals surface area contributed by atoms with E-state index in [1.165, 1.54) is 31.3 Å². The first kappa shape index (κ1) is 19.7. The van der Waals surface area contributed by atoms with E-state index in [0.717, 1.165) is 24.1 Å². The Bertz CT molecular complexity index is 1210. The van der Waals surface area contributed by atoms with Gasteiger partial charge in [0.25, 0.3) is 0 Å². The number of fused-ring (bicyclic) bond motifs is 5. The van der Waals surface area contributed by atoms with Gasteiger partial charge in [0.2, 0.25) is 5.91 Å². The van der Waals surface area contributed by atoms with Crippen molar-refractivity contribution >= 4 is 11.7 Å². The van der Waals surface area contributed by atoms with Crippen LogP contribution in [0, 0.1) is 17.0 Å². The number of hydrogen-bond donors (Lipinski definition) is 1.